The molecule has 4 heteroatoms. The van der Waals surface area contributed by atoms with Crippen molar-refractivity contribution in [2.45, 2.75) is 163 Å². The molecule has 344 valence electrons. The molecule has 0 unspecified atom stereocenters. The van der Waals surface area contributed by atoms with Gasteiger partial charge in [0.1, 0.15) is 5.58 Å². The zero-order chi connectivity index (χ0) is 48.1. The Hall–Kier alpha value is -5.48. The molecule has 2 aliphatic heterocycles. The molecule has 3 nitrogen and oxygen atoms in total. The maximum atomic E-state index is 7.58. The maximum Gasteiger partial charge on any atom is 0.297 e. The topological polar surface area (TPSA) is 19.6 Å². The van der Waals surface area contributed by atoms with Crippen molar-refractivity contribution in [1.82, 2.24) is 0 Å². The average molecular weight is 885 g/mol. The molecule has 3 aliphatic rings. The van der Waals surface area contributed by atoms with Gasteiger partial charge in [0.15, 0.2) is 0 Å². The summed E-state index contributed by atoms with van der Waals surface area (Å²) in [5.74, 6) is 0. The number of aryl methyl sites for hydroxylation is 1. The second kappa shape index (κ2) is 14.8. The second-order valence-electron chi connectivity index (χ2n) is 25.9. The Morgan fingerprint density at radius 2 is 0.970 bits per heavy atom. The third kappa shape index (κ3) is 7.39. The molecule has 1 aromatic heterocycles. The van der Waals surface area contributed by atoms with Crippen molar-refractivity contribution in [3.63, 3.8) is 0 Å². The lowest BCUT2D eigenvalue weighted by Crippen LogP contribution is -2.61. The summed E-state index contributed by atoms with van der Waals surface area (Å²) in [6.45, 7) is 39.7. The lowest BCUT2D eigenvalue weighted by Gasteiger charge is -2.44. The normalized spacial score (nSPS) is 16.5. The zero-order valence-electron chi connectivity index (χ0n) is 43.7. The number of fused-ring (bicyclic) bond motifs is 7. The van der Waals surface area contributed by atoms with Crippen LogP contribution in [0.15, 0.2) is 114 Å². The van der Waals surface area contributed by atoms with E-state index in [0.29, 0.717) is 0 Å². The summed E-state index contributed by atoms with van der Waals surface area (Å²) in [7, 11) is 0. The summed E-state index contributed by atoms with van der Waals surface area (Å²) >= 11 is 0. The third-order valence-electron chi connectivity index (χ3n) is 15.8. The fourth-order valence-electron chi connectivity index (χ4n) is 11.4. The second-order valence-corrected chi connectivity index (χ2v) is 25.9. The van der Waals surface area contributed by atoms with E-state index in [0.717, 1.165) is 29.8 Å². The number of benzene rings is 6. The predicted octanol–water partition coefficient (Wildman–Crippen LogP) is 16.0. The largest absolute Gasteiger partial charge is 0.468 e. The van der Waals surface area contributed by atoms with E-state index in [-0.39, 0.29) is 39.2 Å². The molecule has 0 saturated heterocycles. The Kier molecular flexibility index (Phi) is 9.98. The van der Waals surface area contributed by atoms with Crippen LogP contribution in [0, 0.1) is 6.92 Å². The van der Waals surface area contributed by atoms with Gasteiger partial charge in [0, 0.05) is 33.7 Å². The molecule has 0 fully saturated rings. The van der Waals surface area contributed by atoms with Crippen LogP contribution in [-0.2, 0) is 32.5 Å². The van der Waals surface area contributed by atoms with Gasteiger partial charge in [-0.1, -0.05) is 165 Å². The Balaban J connectivity index is 1.32. The summed E-state index contributed by atoms with van der Waals surface area (Å²) < 4.78 is 7.58. The first-order chi connectivity index (χ1) is 31.1. The Bertz CT molecular complexity index is 3110. The quantitative estimate of drug-likeness (QED) is 0.165. The summed E-state index contributed by atoms with van der Waals surface area (Å²) in [6, 6.07) is 43.1. The number of hydrogen-bond donors (Lipinski definition) is 0. The van der Waals surface area contributed by atoms with Crippen LogP contribution in [0.5, 0.6) is 0 Å². The van der Waals surface area contributed by atoms with Crippen LogP contribution in [0.4, 0.5) is 34.1 Å². The molecule has 1 aliphatic carbocycles. The van der Waals surface area contributed by atoms with Crippen LogP contribution < -0.4 is 26.4 Å². The van der Waals surface area contributed by atoms with Gasteiger partial charge in [-0.2, -0.15) is 0 Å². The van der Waals surface area contributed by atoms with E-state index in [4.69, 9.17) is 4.42 Å². The first-order valence-corrected chi connectivity index (χ1v) is 25.0. The number of hydrogen-bond acceptors (Lipinski definition) is 3. The van der Waals surface area contributed by atoms with Gasteiger partial charge in [0.25, 0.3) is 6.71 Å². The van der Waals surface area contributed by atoms with Gasteiger partial charge < -0.3 is 14.2 Å². The van der Waals surface area contributed by atoms with Crippen LogP contribution in [0.2, 0.25) is 0 Å². The van der Waals surface area contributed by atoms with Crippen molar-refractivity contribution >= 4 is 68.4 Å². The van der Waals surface area contributed by atoms with Gasteiger partial charge in [-0.3, -0.25) is 0 Å². The SMILES string of the molecule is Cc1cc2c3c(c1)N(c1ccc(C(C)(C)C)cc1)c1c(oc4cc5c(cc14)C(C)(C)CCC5(C)C)B3c1cc(C(C)(C)C)ccc1N2c1ccc(C(C)(C)C)cc1-c1ccc(C(C)(C)C)cc1. The van der Waals surface area contributed by atoms with Crippen LogP contribution in [0.1, 0.15) is 163 Å². The molecule has 3 heterocycles. The van der Waals surface area contributed by atoms with E-state index in [9.17, 15) is 0 Å². The molecule has 0 N–H and O–H groups in total. The van der Waals surface area contributed by atoms with Crippen LogP contribution in [0.25, 0.3) is 22.1 Å². The Morgan fingerprint density at radius 3 is 1.52 bits per heavy atom. The molecule has 0 amide bonds. The molecule has 0 bridgehead atoms. The van der Waals surface area contributed by atoms with E-state index >= 15 is 0 Å². The number of furan rings is 1. The van der Waals surface area contributed by atoms with Gasteiger partial charge >= 0.3 is 0 Å². The predicted molar refractivity (Wildman–Crippen MR) is 290 cm³/mol. The van der Waals surface area contributed by atoms with Crippen LogP contribution >= 0.6 is 0 Å². The zero-order valence-corrected chi connectivity index (χ0v) is 43.7. The highest BCUT2D eigenvalue weighted by atomic mass is 16.3. The van der Waals surface area contributed by atoms with Gasteiger partial charge in [0.2, 0.25) is 0 Å². The molecular weight excluding hydrogens is 812 g/mol. The highest BCUT2D eigenvalue weighted by molar-refractivity contribution is 7.00. The van der Waals surface area contributed by atoms with Gasteiger partial charge in [-0.15, -0.1) is 0 Å². The summed E-state index contributed by atoms with van der Waals surface area (Å²) in [4.78, 5) is 5.16. The number of nitrogens with zero attached hydrogens (tertiary/aromatic N) is 2. The highest BCUT2D eigenvalue weighted by Crippen LogP contribution is 2.53. The molecule has 6 aromatic carbocycles. The van der Waals surface area contributed by atoms with Crippen LogP contribution in [-0.4, -0.2) is 6.71 Å². The van der Waals surface area contributed by atoms with Gasteiger partial charge in [0.05, 0.1) is 17.0 Å². The van der Waals surface area contributed by atoms with E-state index < -0.39 is 0 Å². The first-order valence-electron chi connectivity index (χ1n) is 25.0. The number of rotatable bonds is 3. The van der Waals surface area contributed by atoms with Crippen molar-refractivity contribution in [3.8, 4) is 11.1 Å². The van der Waals surface area contributed by atoms with Crippen molar-refractivity contribution < 1.29 is 4.42 Å². The maximum absolute atomic E-state index is 7.58. The van der Waals surface area contributed by atoms with E-state index in [1.807, 2.05) is 0 Å². The molecule has 7 aromatic rings. The highest BCUT2D eigenvalue weighted by Gasteiger charge is 2.48. The minimum atomic E-state index is -0.131. The van der Waals surface area contributed by atoms with Gasteiger partial charge in [-0.25, -0.2) is 0 Å². The monoisotopic (exact) mass is 885 g/mol. The van der Waals surface area contributed by atoms with Crippen molar-refractivity contribution in [2.24, 2.45) is 0 Å². The molecule has 67 heavy (non-hydrogen) atoms. The first kappa shape index (κ1) is 45.3. The lowest BCUT2D eigenvalue weighted by atomic mass is 9.35. The smallest absolute Gasteiger partial charge is 0.297 e. The molecular formula is C63H73BN2O. The van der Waals surface area contributed by atoms with E-state index in [1.54, 1.807) is 0 Å². The van der Waals surface area contributed by atoms with E-state index in [1.165, 1.54) is 94.8 Å². The summed E-state index contributed by atoms with van der Waals surface area (Å²) in [5.41, 5.74) is 23.6. The number of anilines is 6. The third-order valence-corrected chi connectivity index (χ3v) is 15.8. The minimum Gasteiger partial charge on any atom is -0.468 e. The van der Waals surface area contributed by atoms with Crippen molar-refractivity contribution in [2.75, 3.05) is 9.80 Å². The van der Waals surface area contributed by atoms with Crippen molar-refractivity contribution in [3.05, 3.63) is 148 Å². The summed E-state index contributed by atoms with van der Waals surface area (Å²) in [5, 5.41) is 1.20. The molecule has 0 radical (unpaired) electrons. The Morgan fingerprint density at radius 1 is 0.493 bits per heavy atom. The average Bonchev–Trinajstić information content (AvgIpc) is 3.61. The van der Waals surface area contributed by atoms with Gasteiger partial charge in [-0.05, 0) is 162 Å². The lowest BCUT2D eigenvalue weighted by molar-refractivity contribution is 0.332. The minimum absolute atomic E-state index is 0.0290. The van der Waals surface area contributed by atoms with Crippen molar-refractivity contribution in [1.29, 1.82) is 0 Å². The van der Waals surface area contributed by atoms with E-state index in [2.05, 4.69) is 237 Å². The summed E-state index contributed by atoms with van der Waals surface area (Å²) in [6.07, 6.45) is 2.31. The Labute approximate surface area is 403 Å². The fraction of sp³-hybridized carbons (Fsp3) is 0.397. The molecule has 0 spiro atoms. The molecule has 0 atom stereocenters. The standard InChI is InChI=1S/C63H73BN2O/c1-38-32-52-55-53(33-38)66(50-28-24-42(60(8,9)10)34-45(50)39-18-20-40(21-19-39)58(2,3)4)51-29-25-43(61(11,12)13)35-49(51)64(55)57-56(65(52)44-26-22-41(23-27-44)59(5,6)7)46-36-47-48(37-54(46)67-57)63(16,17)31-30-62(47,14)15/h18-29,32-37H,30-31H2,1-17H3. The van der Waals surface area contributed by atoms with Crippen LogP contribution in [0.3, 0.4) is 0 Å². The molecule has 0 saturated carbocycles. The fourth-order valence-corrected chi connectivity index (χ4v) is 11.4. The molecule has 10 rings (SSSR count).